The number of hydrazine groups is 1. The van der Waals surface area contributed by atoms with E-state index in [0.717, 1.165) is 12.1 Å². The number of sulfonamides is 1. The van der Waals surface area contributed by atoms with Crippen molar-refractivity contribution in [2.24, 2.45) is 5.84 Å². The highest BCUT2D eigenvalue weighted by Gasteiger charge is 2.26. The smallest absolute Gasteiger partial charge is 0.258 e. The Bertz CT molecular complexity index is 545. The molecule has 0 saturated carbocycles. The van der Waals surface area contributed by atoms with Crippen LogP contribution in [0, 0.1) is 10.1 Å². The lowest BCUT2D eigenvalue weighted by molar-refractivity contribution is -0.384. The van der Waals surface area contributed by atoms with E-state index in [1.807, 2.05) is 0 Å². The molecule has 1 aromatic carbocycles. The van der Waals surface area contributed by atoms with E-state index < -0.39 is 30.6 Å². The summed E-state index contributed by atoms with van der Waals surface area (Å²) in [4.78, 5) is 10.7. The summed E-state index contributed by atoms with van der Waals surface area (Å²) in [6.07, 6.45) is 0. The van der Waals surface area contributed by atoms with Gasteiger partial charge in [-0.15, -0.1) is 4.83 Å². The SMILES string of the molecule is NNS(=O)(=O)c1ccc(Cl)c([N+](=O)[O-])c1Cl. The number of hydrogen-bond donors (Lipinski definition) is 2. The molecule has 0 aliphatic heterocycles. The molecule has 0 bridgehead atoms. The van der Waals surface area contributed by atoms with Crippen molar-refractivity contribution in [3.8, 4) is 0 Å². The van der Waals surface area contributed by atoms with Gasteiger partial charge < -0.3 is 0 Å². The van der Waals surface area contributed by atoms with Crippen LogP contribution in [0.15, 0.2) is 17.0 Å². The molecule has 0 radical (unpaired) electrons. The molecule has 0 saturated heterocycles. The van der Waals surface area contributed by atoms with Crippen LogP contribution in [0.5, 0.6) is 0 Å². The number of halogens is 2. The second-order valence-electron chi connectivity index (χ2n) is 2.59. The maximum absolute atomic E-state index is 11.3. The van der Waals surface area contributed by atoms with Crippen LogP contribution in [0.1, 0.15) is 0 Å². The second-order valence-corrected chi connectivity index (χ2v) is 5.05. The highest BCUT2D eigenvalue weighted by atomic mass is 35.5. The first-order valence-electron chi connectivity index (χ1n) is 3.66. The van der Waals surface area contributed by atoms with E-state index in [-0.39, 0.29) is 5.02 Å². The summed E-state index contributed by atoms with van der Waals surface area (Å²) in [6.45, 7) is 0. The quantitative estimate of drug-likeness (QED) is 0.489. The van der Waals surface area contributed by atoms with Crippen molar-refractivity contribution in [1.29, 1.82) is 0 Å². The van der Waals surface area contributed by atoms with E-state index in [1.165, 1.54) is 4.83 Å². The highest BCUT2D eigenvalue weighted by Crippen LogP contribution is 2.36. The summed E-state index contributed by atoms with van der Waals surface area (Å²) >= 11 is 11.1. The molecular weight excluding hydrogens is 281 g/mol. The average molecular weight is 286 g/mol. The molecule has 0 atom stereocenters. The van der Waals surface area contributed by atoms with E-state index in [0.29, 0.717) is 0 Å². The summed E-state index contributed by atoms with van der Waals surface area (Å²) in [5.74, 6) is 4.77. The molecule has 0 fully saturated rings. The van der Waals surface area contributed by atoms with Crippen LogP contribution in [0.3, 0.4) is 0 Å². The van der Waals surface area contributed by atoms with E-state index in [1.54, 1.807) is 0 Å². The molecule has 10 heteroatoms. The Labute approximate surface area is 100 Å². The molecule has 0 aromatic heterocycles. The van der Waals surface area contributed by atoms with Gasteiger partial charge in [0.1, 0.15) is 14.9 Å². The lowest BCUT2D eigenvalue weighted by Gasteiger charge is -2.05. The van der Waals surface area contributed by atoms with Gasteiger partial charge >= 0.3 is 5.69 Å². The van der Waals surface area contributed by atoms with Crippen LogP contribution in [0.4, 0.5) is 5.69 Å². The fourth-order valence-corrected chi connectivity index (χ4v) is 2.48. The lowest BCUT2D eigenvalue weighted by Crippen LogP contribution is -2.30. The standard InChI is InChI=1S/C6H5Cl2N3O4S/c7-3-1-2-4(16(14,15)10-9)5(8)6(3)11(12)13/h1-2,10H,9H2. The molecule has 88 valence electrons. The predicted octanol–water partition coefficient (Wildman–Crippen LogP) is 1.05. The Morgan fingerprint density at radius 1 is 1.38 bits per heavy atom. The first kappa shape index (κ1) is 13.1. The second kappa shape index (κ2) is 4.52. The summed E-state index contributed by atoms with van der Waals surface area (Å²) < 4.78 is 22.6. The van der Waals surface area contributed by atoms with Gasteiger partial charge in [-0.2, -0.15) is 0 Å². The molecule has 7 nitrogen and oxygen atoms in total. The minimum atomic E-state index is -4.07. The molecular formula is C6H5Cl2N3O4S. The normalized spacial score (nSPS) is 11.4. The number of nitrogens with zero attached hydrogens (tertiary/aromatic N) is 1. The first-order chi connectivity index (χ1) is 7.31. The van der Waals surface area contributed by atoms with Crippen molar-refractivity contribution in [2.75, 3.05) is 0 Å². The highest BCUT2D eigenvalue weighted by molar-refractivity contribution is 7.89. The van der Waals surface area contributed by atoms with Crippen molar-refractivity contribution < 1.29 is 13.3 Å². The molecule has 0 aliphatic carbocycles. The Morgan fingerprint density at radius 2 is 1.94 bits per heavy atom. The number of rotatable bonds is 3. The Balaban J connectivity index is 3.59. The molecule has 0 heterocycles. The Hall–Kier alpha value is -0.930. The minimum Gasteiger partial charge on any atom is -0.258 e. The average Bonchev–Trinajstić information content (AvgIpc) is 2.16. The first-order valence-corrected chi connectivity index (χ1v) is 5.90. The molecule has 0 amide bonds. The summed E-state index contributed by atoms with van der Waals surface area (Å²) in [5, 5.41) is 9.75. The van der Waals surface area contributed by atoms with Gasteiger partial charge in [0.2, 0.25) is 0 Å². The zero-order valence-corrected chi connectivity index (χ0v) is 9.80. The van der Waals surface area contributed by atoms with Crippen LogP contribution < -0.4 is 10.7 Å². The molecule has 16 heavy (non-hydrogen) atoms. The molecule has 3 N–H and O–H groups in total. The van der Waals surface area contributed by atoms with E-state index in [2.05, 4.69) is 0 Å². The van der Waals surface area contributed by atoms with E-state index in [4.69, 9.17) is 29.0 Å². The monoisotopic (exact) mass is 285 g/mol. The third-order valence-electron chi connectivity index (χ3n) is 1.66. The third kappa shape index (κ3) is 2.25. The van der Waals surface area contributed by atoms with Gasteiger partial charge in [-0.1, -0.05) is 23.2 Å². The lowest BCUT2D eigenvalue weighted by atomic mass is 10.3. The van der Waals surface area contributed by atoms with Gasteiger partial charge in [0.15, 0.2) is 0 Å². The number of nitro benzene ring substituents is 1. The van der Waals surface area contributed by atoms with Crippen molar-refractivity contribution in [3.05, 3.63) is 32.3 Å². The van der Waals surface area contributed by atoms with Gasteiger partial charge in [-0.25, -0.2) is 8.42 Å². The topological polar surface area (TPSA) is 115 Å². The Kier molecular flexibility index (Phi) is 3.71. The zero-order chi connectivity index (χ0) is 12.5. The van der Waals surface area contributed by atoms with Crippen LogP contribution >= 0.6 is 23.2 Å². The van der Waals surface area contributed by atoms with E-state index in [9.17, 15) is 18.5 Å². The van der Waals surface area contributed by atoms with Gasteiger partial charge in [0.05, 0.1) is 4.92 Å². The maximum atomic E-state index is 11.3. The van der Waals surface area contributed by atoms with Crippen molar-refractivity contribution in [3.63, 3.8) is 0 Å². The molecule has 0 spiro atoms. The number of nitro groups is 1. The van der Waals surface area contributed by atoms with Crippen molar-refractivity contribution in [1.82, 2.24) is 4.83 Å². The molecule has 1 aromatic rings. The largest absolute Gasteiger partial charge is 0.307 e. The number of nitrogens with two attached hydrogens (primary N) is 1. The van der Waals surface area contributed by atoms with Crippen molar-refractivity contribution >= 4 is 38.9 Å². The van der Waals surface area contributed by atoms with Gasteiger partial charge in [-0.3, -0.25) is 16.0 Å². The van der Waals surface area contributed by atoms with Crippen LogP contribution in [0.2, 0.25) is 10.0 Å². The molecule has 1 rings (SSSR count). The number of benzene rings is 1. The van der Waals surface area contributed by atoms with E-state index >= 15 is 0 Å². The Morgan fingerprint density at radius 3 is 2.38 bits per heavy atom. The van der Waals surface area contributed by atoms with Gasteiger partial charge in [-0.05, 0) is 12.1 Å². The summed E-state index contributed by atoms with van der Waals surface area (Å²) in [7, 11) is -4.07. The molecule has 0 unspecified atom stereocenters. The fourth-order valence-electron chi connectivity index (χ4n) is 0.961. The number of nitrogens with one attached hydrogen (secondary N) is 1. The zero-order valence-electron chi connectivity index (χ0n) is 7.48. The molecule has 0 aliphatic rings. The van der Waals surface area contributed by atoms with Crippen LogP contribution in [-0.2, 0) is 10.0 Å². The van der Waals surface area contributed by atoms with Crippen molar-refractivity contribution in [2.45, 2.75) is 4.90 Å². The maximum Gasteiger partial charge on any atom is 0.307 e. The number of hydrogen-bond acceptors (Lipinski definition) is 5. The summed E-state index contributed by atoms with van der Waals surface area (Å²) in [5.41, 5.74) is -0.681. The third-order valence-corrected chi connectivity index (χ3v) is 3.69. The minimum absolute atomic E-state index is 0.258. The van der Waals surface area contributed by atoms with Gasteiger partial charge in [0, 0.05) is 0 Å². The predicted molar refractivity (Wildman–Crippen MR) is 57.6 cm³/mol. The fraction of sp³-hybridized carbons (Fsp3) is 0. The van der Waals surface area contributed by atoms with Gasteiger partial charge in [0.25, 0.3) is 10.0 Å². The summed E-state index contributed by atoms with van der Waals surface area (Å²) in [6, 6.07) is 2.07. The van der Waals surface area contributed by atoms with Crippen LogP contribution in [0.25, 0.3) is 0 Å². The van der Waals surface area contributed by atoms with Crippen LogP contribution in [-0.4, -0.2) is 13.3 Å².